The molecule has 0 aliphatic carbocycles. The van der Waals surface area contributed by atoms with Gasteiger partial charge in [-0.3, -0.25) is 4.79 Å². The highest BCUT2D eigenvalue weighted by Gasteiger charge is 2.34. The second-order valence-corrected chi connectivity index (χ2v) is 4.05. The lowest BCUT2D eigenvalue weighted by atomic mass is 10.2. The second-order valence-electron chi connectivity index (χ2n) is 4.05. The van der Waals surface area contributed by atoms with Crippen molar-refractivity contribution in [3.63, 3.8) is 0 Å². The summed E-state index contributed by atoms with van der Waals surface area (Å²) in [6.45, 7) is -0.378. The number of carbonyl (C=O) groups is 2. The van der Waals surface area contributed by atoms with Crippen LogP contribution in [0, 0.1) is 0 Å². The summed E-state index contributed by atoms with van der Waals surface area (Å²) in [6, 6.07) is 0. The lowest BCUT2D eigenvalue weighted by molar-refractivity contribution is -0.190. The quantitative estimate of drug-likeness (QED) is 0.802. The summed E-state index contributed by atoms with van der Waals surface area (Å²) in [7, 11) is 0. The Morgan fingerprint density at radius 3 is 2.68 bits per heavy atom. The molecule has 2 unspecified atom stereocenters. The zero-order valence-electron chi connectivity index (χ0n) is 10.1. The normalized spacial score (nSPS) is 22.1. The minimum atomic E-state index is -4.51. The first kappa shape index (κ1) is 15.7. The number of carbonyl (C=O) groups excluding carboxylic acids is 1. The van der Waals surface area contributed by atoms with Gasteiger partial charge in [-0.2, -0.15) is 13.2 Å². The number of rotatable bonds is 4. The number of hydrogen-bond donors (Lipinski definition) is 1. The Morgan fingerprint density at radius 1 is 1.53 bits per heavy atom. The van der Waals surface area contributed by atoms with Gasteiger partial charge >= 0.3 is 12.1 Å². The fraction of sp³-hybridized carbons (Fsp3) is 0.800. The molecular formula is C10H14F3NO5. The minimum absolute atomic E-state index is 0.0225. The van der Waals surface area contributed by atoms with E-state index in [0.717, 1.165) is 4.90 Å². The smallest absolute Gasteiger partial charge is 0.411 e. The van der Waals surface area contributed by atoms with Crippen LogP contribution < -0.4 is 0 Å². The molecule has 1 fully saturated rings. The Bertz CT molecular complexity index is 347. The number of hydrogen-bond acceptors (Lipinski definition) is 4. The molecule has 2 atom stereocenters. The van der Waals surface area contributed by atoms with Crippen LogP contribution in [0.2, 0.25) is 0 Å². The maximum Gasteiger partial charge on any atom is 0.411 e. The first-order chi connectivity index (χ1) is 8.70. The monoisotopic (exact) mass is 285 g/mol. The van der Waals surface area contributed by atoms with Crippen molar-refractivity contribution in [2.24, 2.45) is 0 Å². The van der Waals surface area contributed by atoms with Crippen LogP contribution in [0.1, 0.15) is 6.92 Å². The van der Waals surface area contributed by atoms with E-state index in [1.807, 2.05) is 0 Å². The van der Waals surface area contributed by atoms with Crippen LogP contribution in [0.3, 0.4) is 0 Å². The topological polar surface area (TPSA) is 76.1 Å². The highest BCUT2D eigenvalue weighted by molar-refractivity contribution is 5.82. The van der Waals surface area contributed by atoms with E-state index in [0.29, 0.717) is 0 Å². The molecule has 0 saturated carbocycles. The molecule has 0 aromatic rings. The predicted molar refractivity (Wildman–Crippen MR) is 55.4 cm³/mol. The fourth-order valence-corrected chi connectivity index (χ4v) is 1.55. The lowest BCUT2D eigenvalue weighted by Crippen LogP contribution is -2.51. The van der Waals surface area contributed by atoms with Gasteiger partial charge in [0.2, 0.25) is 0 Å². The molecule has 1 aliphatic rings. The maximum absolute atomic E-state index is 11.9. The number of morpholine rings is 1. The van der Waals surface area contributed by atoms with Crippen LogP contribution in [0.15, 0.2) is 0 Å². The highest BCUT2D eigenvalue weighted by Crippen LogP contribution is 2.16. The summed E-state index contributed by atoms with van der Waals surface area (Å²) in [5.41, 5.74) is 0. The summed E-state index contributed by atoms with van der Waals surface area (Å²) >= 11 is 0. The number of carboxylic acids is 1. The van der Waals surface area contributed by atoms with Gasteiger partial charge in [-0.05, 0) is 6.92 Å². The molecule has 0 bridgehead atoms. The summed E-state index contributed by atoms with van der Waals surface area (Å²) < 4.78 is 45.1. The van der Waals surface area contributed by atoms with Crippen LogP contribution in [0.4, 0.5) is 13.2 Å². The number of alkyl halides is 3. The molecule has 1 saturated heterocycles. The molecule has 6 nitrogen and oxygen atoms in total. The molecule has 0 aromatic carbocycles. The summed E-state index contributed by atoms with van der Waals surface area (Å²) in [6.07, 6.45) is -6.95. The standard InChI is InChI=1S/C10H14F3NO5/c1-6(19-5-10(11,12)13)8(15)14-2-3-18-7(4-14)9(16)17/h6-7H,2-5H2,1H3,(H,16,17). The maximum atomic E-state index is 11.9. The Labute approximate surface area is 107 Å². The van der Waals surface area contributed by atoms with Crippen molar-refractivity contribution in [3.05, 3.63) is 0 Å². The number of amides is 1. The third-order valence-electron chi connectivity index (χ3n) is 2.50. The molecule has 1 amide bonds. The van der Waals surface area contributed by atoms with Crippen LogP contribution in [-0.2, 0) is 19.1 Å². The average molecular weight is 285 g/mol. The van der Waals surface area contributed by atoms with E-state index in [1.165, 1.54) is 6.92 Å². The van der Waals surface area contributed by atoms with Gasteiger partial charge in [0.05, 0.1) is 13.2 Å². The van der Waals surface area contributed by atoms with Crippen molar-refractivity contribution in [2.75, 3.05) is 26.3 Å². The number of nitrogens with zero attached hydrogens (tertiary/aromatic N) is 1. The van der Waals surface area contributed by atoms with Gasteiger partial charge in [-0.1, -0.05) is 0 Å². The fourth-order valence-electron chi connectivity index (χ4n) is 1.55. The third-order valence-corrected chi connectivity index (χ3v) is 2.50. The molecule has 1 heterocycles. The number of halogens is 3. The first-order valence-corrected chi connectivity index (χ1v) is 5.52. The molecule has 0 radical (unpaired) electrons. The molecule has 1 rings (SSSR count). The third kappa shape index (κ3) is 5.03. The van der Waals surface area contributed by atoms with E-state index in [2.05, 4.69) is 4.74 Å². The highest BCUT2D eigenvalue weighted by atomic mass is 19.4. The number of carboxylic acid groups (broad SMARTS) is 1. The van der Waals surface area contributed by atoms with Crippen LogP contribution in [0.25, 0.3) is 0 Å². The van der Waals surface area contributed by atoms with Gasteiger partial charge in [0.1, 0.15) is 12.7 Å². The SMILES string of the molecule is CC(OCC(F)(F)F)C(=O)N1CCOC(C(=O)O)C1. The summed E-state index contributed by atoms with van der Waals surface area (Å²) in [4.78, 5) is 23.6. The van der Waals surface area contributed by atoms with Crippen molar-refractivity contribution in [2.45, 2.75) is 25.3 Å². The minimum Gasteiger partial charge on any atom is -0.479 e. The van der Waals surface area contributed by atoms with E-state index in [4.69, 9.17) is 9.84 Å². The van der Waals surface area contributed by atoms with E-state index in [-0.39, 0.29) is 19.7 Å². The molecule has 19 heavy (non-hydrogen) atoms. The van der Waals surface area contributed by atoms with E-state index in [9.17, 15) is 22.8 Å². The van der Waals surface area contributed by atoms with Crippen molar-refractivity contribution < 1.29 is 37.3 Å². The zero-order valence-corrected chi connectivity index (χ0v) is 10.1. The summed E-state index contributed by atoms with van der Waals surface area (Å²) in [5, 5.41) is 8.74. The number of ether oxygens (including phenoxy) is 2. The van der Waals surface area contributed by atoms with Crippen LogP contribution >= 0.6 is 0 Å². The molecule has 9 heteroatoms. The average Bonchev–Trinajstić information content (AvgIpc) is 2.34. The van der Waals surface area contributed by atoms with Gasteiger partial charge in [0, 0.05) is 6.54 Å². The van der Waals surface area contributed by atoms with Crippen LogP contribution in [-0.4, -0.2) is 66.6 Å². The Morgan fingerprint density at radius 2 is 2.16 bits per heavy atom. The van der Waals surface area contributed by atoms with E-state index in [1.54, 1.807) is 0 Å². The predicted octanol–water partition coefficient (Wildman–Crippen LogP) is 0.266. The molecular weight excluding hydrogens is 271 g/mol. The van der Waals surface area contributed by atoms with E-state index >= 15 is 0 Å². The van der Waals surface area contributed by atoms with Crippen molar-refractivity contribution in [3.8, 4) is 0 Å². The van der Waals surface area contributed by atoms with Gasteiger partial charge in [-0.25, -0.2) is 4.79 Å². The van der Waals surface area contributed by atoms with Gasteiger partial charge in [0.15, 0.2) is 6.10 Å². The first-order valence-electron chi connectivity index (χ1n) is 5.52. The Kier molecular flexibility index (Phi) is 5.12. The number of aliphatic carboxylic acids is 1. The van der Waals surface area contributed by atoms with Gasteiger partial charge in [-0.15, -0.1) is 0 Å². The van der Waals surface area contributed by atoms with Gasteiger partial charge < -0.3 is 19.5 Å². The van der Waals surface area contributed by atoms with E-state index < -0.39 is 36.9 Å². The molecule has 1 aliphatic heterocycles. The van der Waals surface area contributed by atoms with Crippen LogP contribution in [0.5, 0.6) is 0 Å². The second kappa shape index (κ2) is 6.20. The largest absolute Gasteiger partial charge is 0.479 e. The van der Waals surface area contributed by atoms with Crippen molar-refractivity contribution in [1.82, 2.24) is 4.90 Å². The Balaban J connectivity index is 2.49. The van der Waals surface area contributed by atoms with Crippen molar-refractivity contribution in [1.29, 1.82) is 0 Å². The zero-order chi connectivity index (χ0) is 14.6. The molecule has 0 spiro atoms. The molecule has 0 aromatic heterocycles. The lowest BCUT2D eigenvalue weighted by Gasteiger charge is -2.32. The van der Waals surface area contributed by atoms with Crippen molar-refractivity contribution >= 4 is 11.9 Å². The summed E-state index contributed by atoms with van der Waals surface area (Å²) in [5.74, 6) is -1.90. The Hall–Kier alpha value is -1.35. The molecule has 1 N–H and O–H groups in total. The molecule has 110 valence electrons. The van der Waals surface area contributed by atoms with Gasteiger partial charge in [0.25, 0.3) is 5.91 Å².